The van der Waals surface area contributed by atoms with E-state index in [1.54, 1.807) is 41.5 Å². The van der Waals surface area contributed by atoms with Crippen LogP contribution in [0.15, 0.2) is 60.7 Å². The fraction of sp³-hybridized carbons (Fsp3) is 0.662. The van der Waals surface area contributed by atoms with Gasteiger partial charge in [-0.1, -0.05) is 169 Å². The Hall–Kier alpha value is -6.63. The summed E-state index contributed by atoms with van der Waals surface area (Å²) in [6.45, 7) is 22.9. The monoisotopic (exact) mass is 1210 g/mol. The van der Waals surface area contributed by atoms with E-state index in [0.717, 1.165) is 48.1 Å². The van der Waals surface area contributed by atoms with E-state index in [1.165, 1.54) is 61.6 Å². The maximum atomic E-state index is 15.6. The minimum atomic E-state index is -1.98. The largest absolute Gasteiger partial charge is 0.450 e. The SMILES string of the molecule is CCCCCC/C=C/c1cccc(C[C@H]2C(=O)N3CCC[C@H]3C(=O)N[C@@H]([C@@H](C)CC)C(=O)N(C)[C@@H](C(C)C)C(=O)N[C@@H](CC(C)C)C(=O)N(C)[C@@H](C(C)(C)O)C(=O)O[C@H]([C@@H](C)CC)C(=O)N(C)[C@@H](C(C)C)C(=O)N[C@@H](Cc3ccccc3)C(=O)N2C)c1. The molecule has 19 nitrogen and oxygen atoms in total. The predicted octanol–water partition coefficient (Wildman–Crippen LogP) is 7.36. The van der Waals surface area contributed by atoms with Crippen molar-refractivity contribution < 1.29 is 53.0 Å². The van der Waals surface area contributed by atoms with E-state index < -0.39 is 137 Å². The third-order valence-corrected chi connectivity index (χ3v) is 17.5. The van der Waals surface area contributed by atoms with Gasteiger partial charge in [-0.25, -0.2) is 4.79 Å². The van der Waals surface area contributed by atoms with Gasteiger partial charge < -0.3 is 50.3 Å². The number of aliphatic hydroxyl groups is 1. The molecule has 2 aliphatic rings. The van der Waals surface area contributed by atoms with Crippen LogP contribution in [0.25, 0.3) is 6.08 Å². The summed E-state index contributed by atoms with van der Waals surface area (Å²) in [6.07, 6.45) is 9.60. The highest BCUT2D eigenvalue weighted by atomic mass is 16.6. The van der Waals surface area contributed by atoms with Gasteiger partial charge in [-0.3, -0.25) is 38.4 Å². The lowest BCUT2D eigenvalue weighted by Gasteiger charge is -2.39. The summed E-state index contributed by atoms with van der Waals surface area (Å²) in [5, 5.41) is 20.6. The summed E-state index contributed by atoms with van der Waals surface area (Å²) in [5.74, 6) is -8.68. The van der Waals surface area contributed by atoms with Gasteiger partial charge in [0.25, 0.3) is 5.91 Å². The first-order valence-corrected chi connectivity index (χ1v) is 31.9. The van der Waals surface area contributed by atoms with Crippen molar-refractivity contribution >= 4 is 59.3 Å². The molecule has 0 saturated carbocycles. The van der Waals surface area contributed by atoms with Crippen molar-refractivity contribution in [2.75, 3.05) is 34.7 Å². The molecule has 8 amide bonds. The maximum absolute atomic E-state index is 15.6. The zero-order valence-corrected chi connectivity index (χ0v) is 55.4. The number of rotatable bonds is 19. The molecule has 484 valence electrons. The molecule has 2 saturated heterocycles. The van der Waals surface area contributed by atoms with E-state index in [-0.39, 0.29) is 38.1 Å². The van der Waals surface area contributed by atoms with E-state index in [4.69, 9.17) is 4.74 Å². The Kier molecular flexibility index (Phi) is 28.2. The van der Waals surface area contributed by atoms with Crippen molar-refractivity contribution in [3.05, 3.63) is 77.4 Å². The number of carbonyl (C=O) groups excluding carboxylic acids is 9. The van der Waals surface area contributed by atoms with Crippen molar-refractivity contribution in [3.63, 3.8) is 0 Å². The zero-order valence-electron chi connectivity index (χ0n) is 55.4. The van der Waals surface area contributed by atoms with Gasteiger partial charge >= 0.3 is 5.97 Å². The standard InChI is InChI=1S/C68H106N8O11/c1-18-21-22-23-24-26-31-47-34-29-35-49(39-47)41-53-64(82)76-37-30-36-52(76)59(77)71-54(45(10)19-2)65(83)73(15)55(43(6)7)60(78)69-50(38-42(4)5)63(81)75(17)58(68(12,13)86)67(85)87-57(46(11)20-3)66(84)74(16)56(44(8)9)61(79)70-51(62(80)72(53)14)40-48-32-27-25-28-33-48/h25-29,31-35,39,42-46,50-58,86H,18-24,30,36-38,40-41H2,1-17H3,(H,69,78)(H,70,79)(H,71,77)/b31-26+/t45-,46-,50-,51-,52-,53-,54-,55-,56-,57+,58+/m0/s1. The highest BCUT2D eigenvalue weighted by Crippen LogP contribution is 2.28. The van der Waals surface area contributed by atoms with Crippen LogP contribution in [0.1, 0.15) is 171 Å². The van der Waals surface area contributed by atoms with E-state index in [9.17, 15) is 24.3 Å². The number of likely N-dealkylation sites (N-methyl/N-ethyl adjacent to an activating group) is 4. The van der Waals surface area contributed by atoms with Crippen molar-refractivity contribution in [1.29, 1.82) is 0 Å². The van der Waals surface area contributed by atoms with Crippen LogP contribution in [-0.2, 0) is 60.7 Å². The molecule has 0 bridgehead atoms. The summed E-state index contributed by atoms with van der Waals surface area (Å²) in [6, 6.07) is 6.66. The Bertz CT molecular complexity index is 2670. The average molecular weight is 1210 g/mol. The van der Waals surface area contributed by atoms with Crippen LogP contribution < -0.4 is 16.0 Å². The molecule has 2 aromatic carbocycles. The maximum Gasteiger partial charge on any atom is 0.332 e. The number of benzene rings is 2. The van der Waals surface area contributed by atoms with Crippen molar-refractivity contribution in [2.24, 2.45) is 29.6 Å². The third-order valence-electron chi connectivity index (χ3n) is 17.5. The fourth-order valence-corrected chi connectivity index (χ4v) is 12.1. The quantitative estimate of drug-likeness (QED) is 0.0802. The van der Waals surface area contributed by atoms with Crippen LogP contribution in [0.4, 0.5) is 0 Å². The molecule has 0 spiro atoms. The highest BCUT2D eigenvalue weighted by molar-refractivity contribution is 5.99. The number of allylic oxidation sites excluding steroid dienone is 1. The number of amides is 8. The van der Waals surface area contributed by atoms with E-state index in [1.807, 2.05) is 88.4 Å². The lowest BCUT2D eigenvalue weighted by molar-refractivity contribution is -0.177. The highest BCUT2D eigenvalue weighted by Gasteiger charge is 2.48. The summed E-state index contributed by atoms with van der Waals surface area (Å²) >= 11 is 0. The molecule has 87 heavy (non-hydrogen) atoms. The molecule has 0 aromatic heterocycles. The molecular formula is C68H106N8O11. The number of nitrogens with one attached hydrogen (secondary N) is 3. The first-order chi connectivity index (χ1) is 40.9. The second kappa shape index (κ2) is 33.6. The normalized spacial score (nSPS) is 25.3. The first-order valence-electron chi connectivity index (χ1n) is 31.9. The Morgan fingerprint density at radius 2 is 1.20 bits per heavy atom. The lowest BCUT2D eigenvalue weighted by Crippen LogP contribution is -2.63. The smallest absolute Gasteiger partial charge is 0.332 e. The number of hydrogen-bond donors (Lipinski definition) is 4. The minimum absolute atomic E-state index is 0.0135. The molecule has 2 aromatic rings. The number of ether oxygens (including phenoxy) is 1. The second-order valence-corrected chi connectivity index (χ2v) is 26.2. The van der Waals surface area contributed by atoms with Crippen molar-refractivity contribution in [2.45, 2.75) is 227 Å². The van der Waals surface area contributed by atoms with Crippen molar-refractivity contribution in [3.8, 4) is 0 Å². The average Bonchev–Trinajstić information content (AvgIpc) is 2.30. The molecule has 2 aliphatic heterocycles. The van der Waals surface area contributed by atoms with Crippen LogP contribution >= 0.6 is 0 Å². The number of esters is 1. The van der Waals surface area contributed by atoms with Gasteiger partial charge in [0.1, 0.15) is 42.3 Å². The van der Waals surface area contributed by atoms with Gasteiger partial charge in [0, 0.05) is 53.5 Å². The van der Waals surface area contributed by atoms with Gasteiger partial charge in [0.05, 0.1) is 5.60 Å². The molecule has 19 heteroatoms. The summed E-state index contributed by atoms with van der Waals surface area (Å²) < 4.78 is 6.13. The molecule has 0 radical (unpaired) electrons. The number of nitrogens with zero attached hydrogens (tertiary/aromatic N) is 5. The van der Waals surface area contributed by atoms with E-state index in [2.05, 4.69) is 29.0 Å². The van der Waals surface area contributed by atoms with Crippen LogP contribution in [0.5, 0.6) is 0 Å². The van der Waals surface area contributed by atoms with Gasteiger partial charge in [0.15, 0.2) is 12.1 Å². The van der Waals surface area contributed by atoms with Gasteiger partial charge in [-0.15, -0.1) is 0 Å². The summed E-state index contributed by atoms with van der Waals surface area (Å²) in [4.78, 5) is 142. The number of fused-ring (bicyclic) bond motifs is 1. The number of cyclic esters (lactones) is 1. The number of carbonyl (C=O) groups is 9. The summed E-state index contributed by atoms with van der Waals surface area (Å²) in [5.41, 5.74) is 0.364. The lowest BCUT2D eigenvalue weighted by atomic mass is 9.93. The van der Waals surface area contributed by atoms with E-state index >= 15 is 24.0 Å². The Labute approximate surface area is 519 Å². The van der Waals surface area contributed by atoms with Crippen LogP contribution in [-0.4, -0.2) is 178 Å². The fourth-order valence-electron chi connectivity index (χ4n) is 12.1. The third kappa shape index (κ3) is 19.7. The molecule has 4 N–H and O–H groups in total. The Morgan fingerprint density at radius 3 is 1.76 bits per heavy atom. The molecule has 4 rings (SSSR count). The van der Waals surface area contributed by atoms with Crippen LogP contribution in [0.2, 0.25) is 0 Å². The van der Waals surface area contributed by atoms with Gasteiger partial charge in [0.2, 0.25) is 41.4 Å². The summed E-state index contributed by atoms with van der Waals surface area (Å²) in [7, 11) is 5.72. The zero-order chi connectivity index (χ0) is 65.2. The molecule has 0 unspecified atom stereocenters. The Morgan fingerprint density at radius 1 is 0.621 bits per heavy atom. The predicted molar refractivity (Wildman–Crippen MR) is 339 cm³/mol. The number of unbranched alkanes of at least 4 members (excludes halogenated alkanes) is 4. The first kappa shape index (κ1) is 72.8. The molecule has 11 atom stereocenters. The molecule has 2 heterocycles. The molecule has 0 aliphatic carbocycles. The van der Waals surface area contributed by atoms with Crippen molar-refractivity contribution in [1.82, 2.24) is 40.4 Å². The van der Waals surface area contributed by atoms with Crippen LogP contribution in [0, 0.1) is 29.6 Å². The second-order valence-electron chi connectivity index (χ2n) is 26.2. The van der Waals surface area contributed by atoms with Gasteiger partial charge in [-0.2, -0.15) is 0 Å². The number of hydrogen-bond acceptors (Lipinski definition) is 11. The molecular weight excluding hydrogens is 1100 g/mol. The van der Waals surface area contributed by atoms with E-state index in [0.29, 0.717) is 24.8 Å². The van der Waals surface area contributed by atoms with Crippen LogP contribution in [0.3, 0.4) is 0 Å². The Balaban J connectivity index is 1.99. The molecule has 2 fully saturated rings. The van der Waals surface area contributed by atoms with Gasteiger partial charge in [-0.05, 0) is 92.7 Å². The minimum Gasteiger partial charge on any atom is -0.450 e. The topological polar surface area (TPSA) is 235 Å².